The Kier molecular flexibility index (Phi) is 5.80. The summed E-state index contributed by atoms with van der Waals surface area (Å²) in [5.41, 5.74) is 0.782. The highest BCUT2D eigenvalue weighted by atomic mass is 16.5. The molecule has 1 aliphatic rings. The van der Waals surface area contributed by atoms with Crippen LogP contribution in [0.5, 0.6) is 5.75 Å². The molecule has 0 aliphatic carbocycles. The maximum absolute atomic E-state index is 12.4. The third-order valence-electron chi connectivity index (χ3n) is 3.96. The third kappa shape index (κ3) is 4.85. The highest BCUT2D eigenvalue weighted by Crippen LogP contribution is 2.21. The number of hydrogen-bond acceptors (Lipinski definition) is 3. The normalized spacial score (nSPS) is 23.0. The molecule has 1 saturated heterocycles. The molecule has 0 spiro atoms. The van der Waals surface area contributed by atoms with Crippen LogP contribution in [0.2, 0.25) is 0 Å². The summed E-state index contributed by atoms with van der Waals surface area (Å²) in [6.45, 7) is 9.95. The van der Waals surface area contributed by atoms with E-state index >= 15 is 0 Å². The summed E-state index contributed by atoms with van der Waals surface area (Å²) in [6, 6.07) is 7.54. The predicted octanol–water partition coefficient (Wildman–Crippen LogP) is 3.64. The number of carbonyl (C=O) groups excluding carboxylic acids is 1. The summed E-state index contributed by atoms with van der Waals surface area (Å²) < 4.78 is 5.55. The molecule has 116 valence electrons. The molecule has 0 radical (unpaired) electrons. The van der Waals surface area contributed by atoms with Crippen LogP contribution in [0, 0.1) is 11.8 Å². The minimum absolute atomic E-state index is 0.207. The van der Waals surface area contributed by atoms with Gasteiger partial charge in [-0.1, -0.05) is 20.8 Å². The van der Waals surface area contributed by atoms with Crippen LogP contribution in [0.15, 0.2) is 24.3 Å². The Morgan fingerprint density at radius 3 is 2.38 bits per heavy atom. The van der Waals surface area contributed by atoms with Crippen LogP contribution in [0.3, 0.4) is 0 Å². The Hall–Kier alpha value is -1.35. The first-order valence-corrected chi connectivity index (χ1v) is 8.07. The van der Waals surface area contributed by atoms with Gasteiger partial charge in [0, 0.05) is 18.7 Å². The molecular weight excluding hydrogens is 262 g/mol. The number of rotatable bonds is 6. The molecule has 2 atom stereocenters. The lowest BCUT2D eigenvalue weighted by Gasteiger charge is -2.34. The number of hydrogen-bond donors (Lipinski definition) is 0. The number of carbonyl (C=O) groups is 1. The number of ether oxygens (including phenoxy) is 1. The molecule has 0 bridgehead atoms. The van der Waals surface area contributed by atoms with Gasteiger partial charge in [-0.25, -0.2) is 0 Å². The van der Waals surface area contributed by atoms with Crippen molar-refractivity contribution in [2.45, 2.75) is 33.6 Å². The summed E-state index contributed by atoms with van der Waals surface area (Å²) in [5, 5.41) is 0. The van der Waals surface area contributed by atoms with Gasteiger partial charge in [0.2, 0.25) is 0 Å². The van der Waals surface area contributed by atoms with Crippen LogP contribution >= 0.6 is 0 Å². The van der Waals surface area contributed by atoms with E-state index in [1.54, 1.807) is 0 Å². The second-order valence-electron chi connectivity index (χ2n) is 6.44. The van der Waals surface area contributed by atoms with Crippen molar-refractivity contribution in [2.75, 3.05) is 26.2 Å². The first kappa shape index (κ1) is 16.0. The van der Waals surface area contributed by atoms with E-state index in [0.29, 0.717) is 18.4 Å². The summed E-state index contributed by atoms with van der Waals surface area (Å²) in [5.74, 6) is 2.42. The van der Waals surface area contributed by atoms with Gasteiger partial charge in [-0.2, -0.15) is 0 Å². The van der Waals surface area contributed by atoms with Crippen molar-refractivity contribution in [3.05, 3.63) is 29.8 Å². The summed E-state index contributed by atoms with van der Waals surface area (Å²) in [6.07, 6.45) is 2.26. The van der Waals surface area contributed by atoms with E-state index in [9.17, 15) is 4.79 Å². The molecule has 3 nitrogen and oxygen atoms in total. The van der Waals surface area contributed by atoms with Gasteiger partial charge in [-0.05, 0) is 48.9 Å². The Morgan fingerprint density at radius 1 is 1.19 bits per heavy atom. The van der Waals surface area contributed by atoms with E-state index in [1.165, 1.54) is 6.42 Å². The van der Waals surface area contributed by atoms with Gasteiger partial charge in [-0.3, -0.25) is 9.69 Å². The topological polar surface area (TPSA) is 29.5 Å². The average molecular weight is 289 g/mol. The fourth-order valence-electron chi connectivity index (χ4n) is 3.17. The van der Waals surface area contributed by atoms with E-state index in [1.807, 2.05) is 24.3 Å². The van der Waals surface area contributed by atoms with Crippen LogP contribution in [0.25, 0.3) is 0 Å². The lowest BCUT2D eigenvalue weighted by atomic mass is 9.91. The SMILES string of the molecule is CCCOc1ccc(C(=O)CN2CC(C)CC(C)C2)cc1. The van der Waals surface area contributed by atoms with Gasteiger partial charge in [0.05, 0.1) is 13.2 Å². The Bertz CT molecular complexity index is 445. The number of Topliss-reactive ketones (excluding diaryl/α,β-unsaturated/α-hetero) is 1. The second kappa shape index (κ2) is 7.60. The van der Waals surface area contributed by atoms with Crippen LogP contribution < -0.4 is 4.74 Å². The number of likely N-dealkylation sites (tertiary alicyclic amines) is 1. The average Bonchev–Trinajstić information content (AvgIpc) is 2.44. The minimum Gasteiger partial charge on any atom is -0.494 e. The third-order valence-corrected chi connectivity index (χ3v) is 3.96. The Morgan fingerprint density at radius 2 is 1.81 bits per heavy atom. The number of ketones is 1. The first-order chi connectivity index (χ1) is 10.1. The van der Waals surface area contributed by atoms with Crippen molar-refractivity contribution in [3.63, 3.8) is 0 Å². The summed E-state index contributed by atoms with van der Waals surface area (Å²) in [4.78, 5) is 14.7. The van der Waals surface area contributed by atoms with Gasteiger partial charge in [0.15, 0.2) is 5.78 Å². The molecule has 0 N–H and O–H groups in total. The number of nitrogens with zero attached hydrogens (tertiary/aromatic N) is 1. The van der Waals surface area contributed by atoms with Crippen LogP contribution in [0.1, 0.15) is 44.0 Å². The number of piperidine rings is 1. The lowest BCUT2D eigenvalue weighted by molar-refractivity contribution is 0.0849. The van der Waals surface area contributed by atoms with Crippen molar-refractivity contribution < 1.29 is 9.53 Å². The fourth-order valence-corrected chi connectivity index (χ4v) is 3.17. The smallest absolute Gasteiger partial charge is 0.176 e. The zero-order valence-electron chi connectivity index (χ0n) is 13.5. The summed E-state index contributed by atoms with van der Waals surface area (Å²) in [7, 11) is 0. The number of benzene rings is 1. The second-order valence-corrected chi connectivity index (χ2v) is 6.44. The Balaban J connectivity index is 1.90. The fraction of sp³-hybridized carbons (Fsp3) is 0.611. The van der Waals surface area contributed by atoms with Crippen molar-refractivity contribution in [3.8, 4) is 5.75 Å². The van der Waals surface area contributed by atoms with E-state index in [0.717, 1.165) is 37.4 Å². The zero-order chi connectivity index (χ0) is 15.2. The van der Waals surface area contributed by atoms with E-state index in [-0.39, 0.29) is 5.78 Å². The molecule has 1 aliphatic heterocycles. The molecule has 2 unspecified atom stereocenters. The van der Waals surface area contributed by atoms with Crippen molar-refractivity contribution >= 4 is 5.78 Å². The van der Waals surface area contributed by atoms with E-state index in [2.05, 4.69) is 25.7 Å². The maximum Gasteiger partial charge on any atom is 0.176 e. The van der Waals surface area contributed by atoms with Crippen LogP contribution in [0.4, 0.5) is 0 Å². The zero-order valence-corrected chi connectivity index (χ0v) is 13.5. The van der Waals surface area contributed by atoms with Gasteiger partial charge >= 0.3 is 0 Å². The van der Waals surface area contributed by atoms with Crippen LogP contribution in [-0.4, -0.2) is 36.9 Å². The molecule has 0 aromatic heterocycles. The van der Waals surface area contributed by atoms with Crippen molar-refractivity contribution in [2.24, 2.45) is 11.8 Å². The molecule has 1 fully saturated rings. The Labute approximate surface area is 128 Å². The molecule has 3 heteroatoms. The molecule has 1 heterocycles. The first-order valence-electron chi connectivity index (χ1n) is 8.07. The molecule has 21 heavy (non-hydrogen) atoms. The summed E-state index contributed by atoms with van der Waals surface area (Å²) >= 11 is 0. The van der Waals surface area contributed by atoms with Gasteiger partial charge in [-0.15, -0.1) is 0 Å². The van der Waals surface area contributed by atoms with Crippen molar-refractivity contribution in [1.29, 1.82) is 0 Å². The predicted molar refractivity (Wildman–Crippen MR) is 85.9 cm³/mol. The molecule has 1 aromatic carbocycles. The highest BCUT2D eigenvalue weighted by Gasteiger charge is 2.23. The molecule has 1 aromatic rings. The van der Waals surface area contributed by atoms with E-state index < -0.39 is 0 Å². The highest BCUT2D eigenvalue weighted by molar-refractivity contribution is 5.97. The molecule has 2 rings (SSSR count). The van der Waals surface area contributed by atoms with Gasteiger partial charge in [0.1, 0.15) is 5.75 Å². The van der Waals surface area contributed by atoms with Crippen molar-refractivity contribution in [1.82, 2.24) is 4.90 Å². The monoisotopic (exact) mass is 289 g/mol. The van der Waals surface area contributed by atoms with Gasteiger partial charge < -0.3 is 4.74 Å². The quantitative estimate of drug-likeness (QED) is 0.749. The van der Waals surface area contributed by atoms with Gasteiger partial charge in [0.25, 0.3) is 0 Å². The molecule has 0 saturated carbocycles. The maximum atomic E-state index is 12.4. The molecule has 0 amide bonds. The van der Waals surface area contributed by atoms with E-state index in [4.69, 9.17) is 4.74 Å². The largest absolute Gasteiger partial charge is 0.494 e. The minimum atomic E-state index is 0.207. The lowest BCUT2D eigenvalue weighted by Crippen LogP contribution is -2.41. The standard InChI is InChI=1S/C18H27NO2/c1-4-9-21-17-7-5-16(6-8-17)18(20)13-19-11-14(2)10-15(3)12-19/h5-8,14-15H,4,9-13H2,1-3H3. The van der Waals surface area contributed by atoms with Crippen LogP contribution in [-0.2, 0) is 0 Å². The molecular formula is C18H27NO2.